The van der Waals surface area contributed by atoms with Gasteiger partial charge in [-0.15, -0.1) is 0 Å². The summed E-state index contributed by atoms with van der Waals surface area (Å²) in [6.45, 7) is 8.10. The van der Waals surface area contributed by atoms with Gasteiger partial charge in [0, 0.05) is 136 Å². The molecule has 0 aliphatic carbocycles. The number of likely N-dealkylation sites (N-methyl/N-ethyl adjacent to an activating group) is 2. The fraction of sp³-hybridized carbons (Fsp3) is 0.250. The van der Waals surface area contributed by atoms with E-state index in [2.05, 4.69) is 100 Å². The Morgan fingerprint density at radius 2 is 0.690 bits per heavy atom. The van der Waals surface area contributed by atoms with Gasteiger partial charge in [0.2, 0.25) is 0 Å². The molecule has 0 atom stereocenters. The number of rotatable bonds is 9. The topological polar surface area (TPSA) is 267 Å². The number of piperazine rings is 2. The standard InChI is InChI=1S/2C21H21N7O.C21H20N6O.CH4/c2*1-27-9-11-28(12-10-27)21(29)18-16-5-4-15(13-14(16)6-8-22-18)24-20-17-3-2-7-23-19(17)25-26-20;28-21(27-11-2-1-3-12-27)18-16-7-6-15(13-14(16)8-10-22-18)24-20-17-5-4-9-23-19(17)25-26-20;/h2*2-8,13H,9-12H2,1H3,(H2,23,24,25,26);4-10,13H,1-3,11-12H2,(H2,23,24,25,26);1H4. The number of likely N-dealkylation sites (tertiary alicyclic amines) is 1. The SMILES string of the molecule is C.CN1CCN(C(=O)c2nccc3cc(Nc4[nH]nc5ncccc45)ccc23)CC1.CN1CCN(C(=O)c2nccc3cc(Nc4[nH]nc5ncccc45)ccc23)CC1.O=C(c1nccc2cc(Nc3[nH]nc4ncccc34)ccc12)N1CCCCC1. The van der Waals surface area contributed by atoms with Crippen molar-refractivity contribution in [3.63, 3.8) is 0 Å². The lowest BCUT2D eigenvalue weighted by atomic mass is 10.1. The van der Waals surface area contributed by atoms with Crippen LogP contribution in [0, 0.1) is 0 Å². The molecule has 0 spiro atoms. The Hall–Kier alpha value is -10.5. The molecule has 3 saturated heterocycles. The second-order valence-corrected chi connectivity index (χ2v) is 21.6. The molecule has 0 unspecified atom stereocenters. The number of hydrogen-bond acceptors (Lipinski definition) is 17. The molecule has 6 N–H and O–H groups in total. The molecule has 0 bridgehead atoms. The van der Waals surface area contributed by atoms with Crippen molar-refractivity contribution in [1.82, 2.24) is 85.0 Å². The van der Waals surface area contributed by atoms with E-state index in [1.807, 2.05) is 124 Å². The third kappa shape index (κ3) is 12.2. The molecule has 87 heavy (non-hydrogen) atoms. The molecule has 3 aliphatic rings. The highest BCUT2D eigenvalue weighted by Gasteiger charge is 2.26. The summed E-state index contributed by atoms with van der Waals surface area (Å²) in [6.07, 6.45) is 13.6. The number of anilines is 6. The number of piperidine rings is 1. The van der Waals surface area contributed by atoms with Gasteiger partial charge >= 0.3 is 0 Å². The van der Waals surface area contributed by atoms with Crippen LogP contribution in [0.5, 0.6) is 0 Å². The maximum absolute atomic E-state index is 13.0. The largest absolute Gasteiger partial charge is 0.340 e. The van der Waals surface area contributed by atoms with Crippen LogP contribution in [0.1, 0.15) is 58.2 Å². The summed E-state index contributed by atoms with van der Waals surface area (Å²) < 4.78 is 0. The fourth-order valence-corrected chi connectivity index (χ4v) is 11.1. The predicted octanol–water partition coefficient (Wildman–Crippen LogP) is 9.79. The van der Waals surface area contributed by atoms with E-state index in [0.717, 1.165) is 161 Å². The van der Waals surface area contributed by atoms with Crippen LogP contribution in [0.3, 0.4) is 0 Å². The zero-order chi connectivity index (χ0) is 58.5. The van der Waals surface area contributed by atoms with Gasteiger partial charge in [0.1, 0.15) is 34.5 Å². The number of amides is 3. The van der Waals surface area contributed by atoms with Crippen LogP contribution < -0.4 is 16.0 Å². The first-order valence-corrected chi connectivity index (χ1v) is 28.8. The van der Waals surface area contributed by atoms with Gasteiger partial charge in [0.25, 0.3) is 17.7 Å². The summed E-state index contributed by atoms with van der Waals surface area (Å²) in [5, 5.41) is 39.9. The quantitative estimate of drug-likeness (QED) is 0.0785. The summed E-state index contributed by atoms with van der Waals surface area (Å²) in [5.41, 5.74) is 6.26. The fourth-order valence-electron chi connectivity index (χ4n) is 11.1. The Morgan fingerprint density at radius 1 is 0.368 bits per heavy atom. The van der Waals surface area contributed by atoms with E-state index in [4.69, 9.17) is 0 Å². The number of benzene rings is 3. The number of nitrogens with zero attached hydrogens (tertiary/aromatic N) is 14. The highest BCUT2D eigenvalue weighted by atomic mass is 16.2. The molecule has 15 rings (SSSR count). The third-order valence-electron chi connectivity index (χ3n) is 15.9. The molecule has 3 aliphatic heterocycles. The Labute approximate surface area is 500 Å². The third-order valence-corrected chi connectivity index (χ3v) is 15.9. The lowest BCUT2D eigenvalue weighted by Gasteiger charge is -2.32. The summed E-state index contributed by atoms with van der Waals surface area (Å²) in [7, 11) is 4.15. The number of nitrogens with one attached hydrogen (secondary N) is 6. The molecule has 0 radical (unpaired) electrons. The van der Waals surface area contributed by atoms with Gasteiger partial charge in [-0.2, -0.15) is 15.3 Å². The van der Waals surface area contributed by atoms with Gasteiger partial charge in [-0.25, -0.2) is 15.0 Å². The van der Waals surface area contributed by atoms with Crippen LogP contribution in [-0.2, 0) is 0 Å². The Balaban J connectivity index is 0.000000127. The van der Waals surface area contributed by atoms with Crippen LogP contribution in [0.15, 0.2) is 146 Å². The van der Waals surface area contributed by atoms with Crippen molar-refractivity contribution in [3.8, 4) is 0 Å². The maximum atomic E-state index is 13.0. The molecule has 3 amide bonds. The normalized spacial score (nSPS) is 14.8. The monoisotopic (exact) mass is 1160 g/mol. The molecule has 23 nitrogen and oxygen atoms in total. The molecular formula is C64H66N20O3. The summed E-state index contributed by atoms with van der Waals surface area (Å²) in [4.78, 5) is 75.0. The molecule has 3 aromatic carbocycles. The van der Waals surface area contributed by atoms with Crippen molar-refractivity contribution in [1.29, 1.82) is 0 Å². The number of carbonyl (C=O) groups excluding carboxylic acids is 3. The maximum Gasteiger partial charge on any atom is 0.273 e. The first-order valence-electron chi connectivity index (χ1n) is 28.8. The molecule has 3 fully saturated rings. The first kappa shape index (κ1) is 56.9. The molecule has 0 saturated carbocycles. The van der Waals surface area contributed by atoms with Crippen molar-refractivity contribution >= 4 is 118 Å². The second-order valence-electron chi connectivity index (χ2n) is 21.6. The van der Waals surface area contributed by atoms with E-state index in [9.17, 15) is 14.4 Å². The minimum atomic E-state index is -0.00459. The molecule has 12 heterocycles. The Bertz CT molecular complexity index is 4250. The predicted molar refractivity (Wildman–Crippen MR) is 340 cm³/mol. The number of aromatic nitrogens is 12. The highest BCUT2D eigenvalue weighted by Crippen LogP contribution is 2.31. The van der Waals surface area contributed by atoms with Gasteiger partial charge in [-0.1, -0.05) is 7.43 Å². The van der Waals surface area contributed by atoms with Crippen LogP contribution in [0.25, 0.3) is 65.4 Å². The Morgan fingerprint density at radius 3 is 1.02 bits per heavy atom. The van der Waals surface area contributed by atoms with Crippen molar-refractivity contribution in [3.05, 3.63) is 163 Å². The van der Waals surface area contributed by atoms with Gasteiger partial charge in [0.05, 0.1) is 16.2 Å². The van der Waals surface area contributed by atoms with Crippen molar-refractivity contribution in [2.24, 2.45) is 0 Å². The molecular weight excluding hydrogens is 1100 g/mol. The van der Waals surface area contributed by atoms with Crippen molar-refractivity contribution in [2.75, 3.05) is 95.5 Å². The zero-order valence-electron chi connectivity index (χ0n) is 47.5. The number of carbonyl (C=O) groups is 3. The second kappa shape index (κ2) is 25.4. The van der Waals surface area contributed by atoms with Crippen LogP contribution >= 0.6 is 0 Å². The smallest absolute Gasteiger partial charge is 0.273 e. The van der Waals surface area contributed by atoms with E-state index < -0.39 is 0 Å². The van der Waals surface area contributed by atoms with E-state index in [1.165, 1.54) is 6.42 Å². The summed E-state index contributed by atoms with van der Waals surface area (Å²) >= 11 is 0. The highest BCUT2D eigenvalue weighted by molar-refractivity contribution is 6.08. The average molecular weight is 1160 g/mol. The molecule has 440 valence electrons. The van der Waals surface area contributed by atoms with Crippen LogP contribution in [0.2, 0.25) is 0 Å². The van der Waals surface area contributed by atoms with Crippen molar-refractivity contribution < 1.29 is 14.4 Å². The van der Waals surface area contributed by atoms with Crippen LogP contribution in [0.4, 0.5) is 34.5 Å². The van der Waals surface area contributed by atoms with E-state index in [0.29, 0.717) is 34.0 Å². The number of H-pyrrole nitrogens is 3. The van der Waals surface area contributed by atoms with Crippen molar-refractivity contribution in [2.45, 2.75) is 26.7 Å². The van der Waals surface area contributed by atoms with E-state index >= 15 is 0 Å². The first-order chi connectivity index (χ1) is 42.2. The molecule has 12 aromatic rings. The summed E-state index contributed by atoms with van der Waals surface area (Å²) in [5.74, 6) is 2.38. The van der Waals surface area contributed by atoms with E-state index in [-0.39, 0.29) is 25.1 Å². The minimum absolute atomic E-state index is 0. The van der Waals surface area contributed by atoms with Gasteiger partial charge in [-0.05, 0) is 159 Å². The molecule has 9 aromatic heterocycles. The zero-order valence-corrected chi connectivity index (χ0v) is 47.5. The number of aromatic amines is 3. The number of fused-ring (bicyclic) bond motifs is 6. The lowest BCUT2D eigenvalue weighted by molar-refractivity contribution is 0.0653. The molecule has 23 heteroatoms. The number of pyridine rings is 6. The summed E-state index contributed by atoms with van der Waals surface area (Å²) in [6, 6.07) is 35.1. The lowest BCUT2D eigenvalue weighted by Crippen LogP contribution is -2.47. The average Bonchev–Trinajstić information content (AvgIpc) is 3.77. The Kier molecular flexibility index (Phi) is 16.6. The van der Waals surface area contributed by atoms with Gasteiger partial charge < -0.3 is 40.4 Å². The van der Waals surface area contributed by atoms with Gasteiger partial charge in [-0.3, -0.25) is 44.6 Å². The van der Waals surface area contributed by atoms with E-state index in [1.54, 1.807) is 37.2 Å². The number of hydrogen-bond donors (Lipinski definition) is 6. The van der Waals surface area contributed by atoms with Gasteiger partial charge in [0.15, 0.2) is 16.9 Å². The van der Waals surface area contributed by atoms with Crippen LogP contribution in [-0.4, -0.2) is 182 Å². The minimum Gasteiger partial charge on any atom is -0.340 e.